The molecule has 0 radical (unpaired) electrons. The van der Waals surface area contributed by atoms with E-state index in [-0.39, 0.29) is 5.89 Å². The van der Waals surface area contributed by atoms with Crippen LogP contribution in [0.1, 0.15) is 18.7 Å². The van der Waals surface area contributed by atoms with E-state index in [1.807, 2.05) is 0 Å². The predicted molar refractivity (Wildman–Crippen MR) is 55.7 cm³/mol. The van der Waals surface area contributed by atoms with Gasteiger partial charge in [0.05, 0.1) is 0 Å². The Labute approximate surface area is 96.5 Å². The molecule has 3 N–H and O–H groups in total. The van der Waals surface area contributed by atoms with Gasteiger partial charge in [-0.2, -0.15) is 10.1 Å². The molecule has 0 atom stereocenters. The summed E-state index contributed by atoms with van der Waals surface area (Å²) >= 11 is 0. The monoisotopic (exact) mass is 236 g/mol. The summed E-state index contributed by atoms with van der Waals surface area (Å²) in [6, 6.07) is 0. The zero-order valence-electron chi connectivity index (χ0n) is 9.05. The summed E-state index contributed by atoms with van der Waals surface area (Å²) in [4.78, 5) is 8.08. The smallest absolute Gasteiger partial charge is 0.259 e. The molecule has 3 heterocycles. The Kier molecular flexibility index (Phi) is 2.37. The number of nitrogens with zero attached hydrogens (tertiary/aromatic N) is 4. The normalized spacial score (nSPS) is 19.4. The number of aliphatic hydroxyl groups is 1. The molecule has 2 aromatic rings. The van der Waals surface area contributed by atoms with E-state index in [2.05, 4.69) is 30.6 Å². The minimum absolute atomic E-state index is 0.241. The summed E-state index contributed by atoms with van der Waals surface area (Å²) in [5, 5.41) is 23.7. The molecule has 2 aromatic heterocycles. The van der Waals surface area contributed by atoms with Crippen molar-refractivity contribution in [1.29, 1.82) is 0 Å². The van der Waals surface area contributed by atoms with Crippen LogP contribution in [-0.4, -0.2) is 43.5 Å². The van der Waals surface area contributed by atoms with Gasteiger partial charge in [0.2, 0.25) is 5.82 Å². The lowest BCUT2D eigenvalue weighted by Gasteiger charge is -2.28. The highest BCUT2D eigenvalue weighted by Crippen LogP contribution is 2.29. The molecule has 0 bridgehead atoms. The predicted octanol–water partition coefficient (Wildman–Crippen LogP) is -0.574. The maximum atomic E-state index is 10.4. The number of rotatable bonds is 2. The Hall–Kier alpha value is -1.80. The fourth-order valence-electron chi connectivity index (χ4n) is 1.88. The lowest BCUT2D eigenvalue weighted by atomic mass is 9.92. The van der Waals surface area contributed by atoms with Crippen LogP contribution in [-0.2, 0) is 5.60 Å². The van der Waals surface area contributed by atoms with Gasteiger partial charge in [0.25, 0.3) is 5.89 Å². The van der Waals surface area contributed by atoms with Crippen LogP contribution in [0.2, 0.25) is 0 Å². The van der Waals surface area contributed by atoms with E-state index >= 15 is 0 Å². The highest BCUT2D eigenvalue weighted by molar-refractivity contribution is 5.39. The molecule has 3 rings (SSSR count). The molecule has 1 aliphatic heterocycles. The lowest BCUT2D eigenvalue weighted by molar-refractivity contribution is -0.0228. The maximum Gasteiger partial charge on any atom is 0.259 e. The van der Waals surface area contributed by atoms with Gasteiger partial charge in [-0.3, -0.25) is 5.10 Å². The zero-order chi connectivity index (χ0) is 11.7. The van der Waals surface area contributed by atoms with E-state index < -0.39 is 5.60 Å². The van der Waals surface area contributed by atoms with Crippen molar-refractivity contribution in [2.45, 2.75) is 18.4 Å². The minimum atomic E-state index is -1.03. The molecule has 1 saturated heterocycles. The van der Waals surface area contributed by atoms with E-state index in [1.54, 1.807) is 0 Å². The van der Waals surface area contributed by atoms with Crippen molar-refractivity contribution in [1.82, 2.24) is 30.6 Å². The first kappa shape index (κ1) is 10.4. The average Bonchev–Trinajstić information content (AvgIpc) is 3.01. The third-order valence-corrected chi connectivity index (χ3v) is 2.88. The average molecular weight is 236 g/mol. The molecule has 8 heteroatoms. The molecule has 1 fully saturated rings. The highest BCUT2D eigenvalue weighted by atomic mass is 16.5. The van der Waals surface area contributed by atoms with Crippen molar-refractivity contribution in [3.63, 3.8) is 0 Å². The topological polar surface area (TPSA) is 113 Å². The van der Waals surface area contributed by atoms with E-state index in [4.69, 9.17) is 4.52 Å². The summed E-state index contributed by atoms with van der Waals surface area (Å²) < 4.78 is 5.10. The molecule has 0 spiro atoms. The van der Waals surface area contributed by atoms with Gasteiger partial charge in [-0.15, -0.1) is 0 Å². The largest absolute Gasteiger partial charge is 0.380 e. The number of H-pyrrole nitrogens is 1. The van der Waals surface area contributed by atoms with Gasteiger partial charge < -0.3 is 14.9 Å². The van der Waals surface area contributed by atoms with Crippen LogP contribution >= 0.6 is 0 Å². The van der Waals surface area contributed by atoms with Crippen molar-refractivity contribution < 1.29 is 9.63 Å². The highest BCUT2D eigenvalue weighted by Gasteiger charge is 2.37. The first-order valence-electron chi connectivity index (χ1n) is 5.41. The van der Waals surface area contributed by atoms with Crippen molar-refractivity contribution in [2.24, 2.45) is 0 Å². The third-order valence-electron chi connectivity index (χ3n) is 2.88. The summed E-state index contributed by atoms with van der Waals surface area (Å²) in [7, 11) is 0. The fraction of sp³-hybridized carbons (Fsp3) is 0.556. The van der Waals surface area contributed by atoms with Gasteiger partial charge >= 0.3 is 0 Å². The quantitative estimate of drug-likeness (QED) is 0.639. The summed E-state index contributed by atoms with van der Waals surface area (Å²) in [6.07, 6.45) is 2.49. The number of nitrogens with one attached hydrogen (secondary N) is 2. The Bertz CT molecular complexity index is 487. The Balaban J connectivity index is 1.89. The van der Waals surface area contributed by atoms with E-state index in [0.717, 1.165) is 13.1 Å². The second-order valence-corrected chi connectivity index (χ2v) is 4.04. The van der Waals surface area contributed by atoms with Crippen LogP contribution in [0, 0.1) is 0 Å². The Morgan fingerprint density at radius 2 is 2.18 bits per heavy atom. The molecule has 0 aromatic carbocycles. The second kappa shape index (κ2) is 3.90. The molecule has 8 nitrogen and oxygen atoms in total. The fourth-order valence-corrected chi connectivity index (χ4v) is 1.88. The van der Waals surface area contributed by atoms with Crippen molar-refractivity contribution in [2.75, 3.05) is 13.1 Å². The number of hydrogen-bond donors (Lipinski definition) is 3. The van der Waals surface area contributed by atoms with E-state index in [0.29, 0.717) is 24.5 Å². The van der Waals surface area contributed by atoms with Gasteiger partial charge in [-0.1, -0.05) is 5.16 Å². The van der Waals surface area contributed by atoms with Gasteiger partial charge in [-0.25, -0.2) is 4.98 Å². The van der Waals surface area contributed by atoms with Crippen LogP contribution in [0.4, 0.5) is 0 Å². The molecule has 0 amide bonds. The first-order valence-corrected chi connectivity index (χ1v) is 5.41. The summed E-state index contributed by atoms with van der Waals surface area (Å²) in [5.74, 6) is 0.979. The van der Waals surface area contributed by atoms with Crippen molar-refractivity contribution >= 4 is 0 Å². The number of aromatic amines is 1. The molecular formula is C9H12N6O2. The Morgan fingerprint density at radius 3 is 2.88 bits per heavy atom. The molecule has 17 heavy (non-hydrogen) atoms. The third kappa shape index (κ3) is 1.81. The molecule has 0 saturated carbocycles. The maximum absolute atomic E-state index is 10.4. The number of piperidine rings is 1. The van der Waals surface area contributed by atoms with Crippen molar-refractivity contribution in [3.8, 4) is 11.6 Å². The van der Waals surface area contributed by atoms with Crippen LogP contribution in [0.15, 0.2) is 10.9 Å². The van der Waals surface area contributed by atoms with Gasteiger partial charge in [0.15, 0.2) is 5.82 Å². The van der Waals surface area contributed by atoms with E-state index in [1.165, 1.54) is 6.33 Å². The number of aromatic nitrogens is 5. The van der Waals surface area contributed by atoms with Gasteiger partial charge in [0, 0.05) is 0 Å². The van der Waals surface area contributed by atoms with Crippen LogP contribution in [0.25, 0.3) is 11.6 Å². The molecular weight excluding hydrogens is 224 g/mol. The molecule has 1 aliphatic rings. The lowest BCUT2D eigenvalue weighted by Crippen LogP contribution is -2.39. The first-order chi connectivity index (χ1) is 8.28. The standard InChI is InChI=1S/C9H12N6O2/c16-9(1-3-10-4-2-9)8-13-7(15-17-8)6-11-5-12-14-6/h5,10,16H,1-4H2,(H,11,12,14). The molecule has 0 unspecified atom stereocenters. The molecule has 0 aliphatic carbocycles. The van der Waals surface area contributed by atoms with Crippen LogP contribution < -0.4 is 5.32 Å². The van der Waals surface area contributed by atoms with E-state index in [9.17, 15) is 5.11 Å². The van der Waals surface area contributed by atoms with Crippen molar-refractivity contribution in [3.05, 3.63) is 12.2 Å². The van der Waals surface area contributed by atoms with Gasteiger partial charge in [-0.05, 0) is 25.9 Å². The van der Waals surface area contributed by atoms with Crippen LogP contribution in [0.5, 0.6) is 0 Å². The zero-order valence-corrected chi connectivity index (χ0v) is 9.05. The Morgan fingerprint density at radius 1 is 1.35 bits per heavy atom. The SMILES string of the molecule is OC1(c2nc(-c3ncn[nH]3)no2)CCNCC1. The summed E-state index contributed by atoms with van der Waals surface area (Å²) in [5.41, 5.74) is -1.03. The molecule has 90 valence electrons. The summed E-state index contributed by atoms with van der Waals surface area (Å²) in [6.45, 7) is 1.47. The minimum Gasteiger partial charge on any atom is -0.380 e. The van der Waals surface area contributed by atoms with Gasteiger partial charge in [0.1, 0.15) is 11.9 Å². The number of hydrogen-bond acceptors (Lipinski definition) is 7. The van der Waals surface area contributed by atoms with Crippen LogP contribution in [0.3, 0.4) is 0 Å². The second-order valence-electron chi connectivity index (χ2n) is 4.04.